The quantitative estimate of drug-likeness (QED) is 0.906. The number of rotatable bonds is 5. The summed E-state index contributed by atoms with van der Waals surface area (Å²) in [5.41, 5.74) is 3.96. The van der Waals surface area contributed by atoms with Crippen LogP contribution in [0.25, 0.3) is 0 Å². The number of nitrogens with zero attached hydrogens (tertiary/aromatic N) is 4. The van der Waals surface area contributed by atoms with E-state index in [1.165, 1.54) is 0 Å². The van der Waals surface area contributed by atoms with E-state index in [4.69, 9.17) is 4.98 Å². The molecule has 132 valence electrons. The minimum Gasteiger partial charge on any atom is -0.359 e. The third-order valence-electron chi connectivity index (χ3n) is 4.54. The molecule has 3 heterocycles. The van der Waals surface area contributed by atoms with Gasteiger partial charge in [-0.05, 0) is 51.3 Å². The van der Waals surface area contributed by atoms with Crippen molar-refractivity contribution in [1.29, 1.82) is 0 Å². The van der Waals surface area contributed by atoms with Crippen molar-refractivity contribution in [2.75, 3.05) is 18.5 Å². The van der Waals surface area contributed by atoms with Gasteiger partial charge in [-0.1, -0.05) is 6.07 Å². The van der Waals surface area contributed by atoms with Crippen LogP contribution in [0.2, 0.25) is 0 Å². The smallest absolute Gasteiger partial charge is 0.226 e. The van der Waals surface area contributed by atoms with E-state index in [2.05, 4.69) is 26.3 Å². The van der Waals surface area contributed by atoms with Gasteiger partial charge in [-0.2, -0.15) is 0 Å². The Labute approximate surface area is 148 Å². The average molecular weight is 339 g/mol. The predicted octanol–water partition coefficient (Wildman–Crippen LogP) is 2.51. The second-order valence-electron chi connectivity index (χ2n) is 6.53. The molecule has 3 rings (SSSR count). The molecule has 1 saturated heterocycles. The first-order valence-corrected chi connectivity index (χ1v) is 8.82. The van der Waals surface area contributed by atoms with Crippen LogP contribution in [0, 0.1) is 13.8 Å². The van der Waals surface area contributed by atoms with Crippen LogP contribution in [0.1, 0.15) is 48.1 Å². The molecule has 1 atom stereocenters. The van der Waals surface area contributed by atoms with Crippen molar-refractivity contribution < 1.29 is 4.79 Å². The van der Waals surface area contributed by atoms with Gasteiger partial charge in [0.2, 0.25) is 11.9 Å². The number of anilines is 1. The first-order chi connectivity index (χ1) is 12.1. The Morgan fingerprint density at radius 2 is 2.00 bits per heavy atom. The summed E-state index contributed by atoms with van der Waals surface area (Å²) in [4.78, 5) is 27.8. The Morgan fingerprint density at radius 1 is 1.24 bits per heavy atom. The molecule has 1 aliphatic rings. The van der Waals surface area contributed by atoms with E-state index >= 15 is 0 Å². The van der Waals surface area contributed by atoms with Gasteiger partial charge < -0.3 is 10.2 Å². The third kappa shape index (κ3) is 4.13. The van der Waals surface area contributed by atoms with Gasteiger partial charge in [0.15, 0.2) is 0 Å². The Hall–Kier alpha value is -2.50. The number of pyridine rings is 1. The van der Waals surface area contributed by atoms with Crippen molar-refractivity contribution >= 4 is 11.9 Å². The van der Waals surface area contributed by atoms with E-state index in [-0.39, 0.29) is 11.9 Å². The molecule has 1 aliphatic heterocycles. The average Bonchev–Trinajstić information content (AvgIpc) is 3.09. The molecular weight excluding hydrogens is 314 g/mol. The lowest BCUT2D eigenvalue weighted by atomic mass is 10.1. The Morgan fingerprint density at radius 3 is 2.72 bits per heavy atom. The zero-order valence-corrected chi connectivity index (χ0v) is 15.1. The van der Waals surface area contributed by atoms with Gasteiger partial charge in [-0.25, -0.2) is 9.97 Å². The van der Waals surface area contributed by atoms with Crippen LogP contribution in [0.5, 0.6) is 0 Å². The summed E-state index contributed by atoms with van der Waals surface area (Å²) in [6, 6.07) is 8.27. The number of carbonyl (C=O) groups is 1. The summed E-state index contributed by atoms with van der Waals surface area (Å²) in [7, 11) is 1.66. The summed E-state index contributed by atoms with van der Waals surface area (Å²) in [6.45, 7) is 4.94. The van der Waals surface area contributed by atoms with Gasteiger partial charge in [0.05, 0.1) is 11.7 Å². The largest absolute Gasteiger partial charge is 0.359 e. The fourth-order valence-corrected chi connectivity index (χ4v) is 3.34. The molecule has 6 nitrogen and oxygen atoms in total. The second kappa shape index (κ2) is 7.59. The highest BCUT2D eigenvalue weighted by molar-refractivity contribution is 5.75. The maximum atomic E-state index is 11.5. The molecular formula is C19H25N5O. The molecule has 0 unspecified atom stereocenters. The number of nitrogens with one attached hydrogen (secondary N) is 1. The number of carbonyl (C=O) groups excluding carboxylic acids is 1. The highest BCUT2D eigenvalue weighted by atomic mass is 16.1. The normalized spacial score (nSPS) is 16.9. The van der Waals surface area contributed by atoms with Crippen molar-refractivity contribution in [3.8, 4) is 0 Å². The van der Waals surface area contributed by atoms with Gasteiger partial charge in [0, 0.05) is 37.1 Å². The van der Waals surface area contributed by atoms with Crippen LogP contribution in [0.15, 0.2) is 24.3 Å². The van der Waals surface area contributed by atoms with Crippen molar-refractivity contribution in [1.82, 2.24) is 20.3 Å². The number of hydrogen-bond donors (Lipinski definition) is 1. The highest BCUT2D eigenvalue weighted by Gasteiger charge is 2.29. The van der Waals surface area contributed by atoms with Gasteiger partial charge in [-0.3, -0.25) is 9.78 Å². The number of amides is 1. The maximum absolute atomic E-state index is 11.5. The van der Waals surface area contributed by atoms with E-state index in [0.717, 1.165) is 48.1 Å². The molecule has 2 aromatic rings. The lowest BCUT2D eigenvalue weighted by molar-refractivity contribution is -0.120. The van der Waals surface area contributed by atoms with Crippen LogP contribution in [-0.2, 0) is 11.2 Å². The molecule has 25 heavy (non-hydrogen) atoms. The predicted molar refractivity (Wildman–Crippen MR) is 97.5 cm³/mol. The van der Waals surface area contributed by atoms with E-state index < -0.39 is 0 Å². The number of hydrogen-bond acceptors (Lipinski definition) is 5. The fraction of sp³-hybridized carbons (Fsp3) is 0.474. The first kappa shape index (κ1) is 17.3. The number of aromatic nitrogens is 3. The van der Waals surface area contributed by atoms with Crippen molar-refractivity contribution in [3.05, 3.63) is 47.0 Å². The van der Waals surface area contributed by atoms with E-state index in [1.807, 2.05) is 32.0 Å². The molecule has 1 amide bonds. The molecule has 1 N–H and O–H groups in total. The summed E-state index contributed by atoms with van der Waals surface area (Å²) < 4.78 is 0. The lowest BCUT2D eigenvalue weighted by Gasteiger charge is -2.25. The van der Waals surface area contributed by atoms with E-state index in [0.29, 0.717) is 12.8 Å². The molecule has 0 spiro atoms. The van der Waals surface area contributed by atoms with Gasteiger partial charge >= 0.3 is 0 Å². The Bertz CT molecular complexity index is 741. The van der Waals surface area contributed by atoms with Crippen LogP contribution in [0.3, 0.4) is 0 Å². The summed E-state index contributed by atoms with van der Waals surface area (Å²) in [5, 5.41) is 2.65. The molecule has 6 heteroatoms. The van der Waals surface area contributed by atoms with Gasteiger partial charge in [-0.15, -0.1) is 0 Å². The molecule has 0 bridgehead atoms. The third-order valence-corrected chi connectivity index (χ3v) is 4.54. The van der Waals surface area contributed by atoms with E-state index in [1.54, 1.807) is 7.05 Å². The topological polar surface area (TPSA) is 71.0 Å². The van der Waals surface area contributed by atoms with Gasteiger partial charge in [0.1, 0.15) is 0 Å². The Balaban J connectivity index is 1.81. The molecule has 0 saturated carbocycles. The molecule has 0 aromatic carbocycles. The van der Waals surface area contributed by atoms with Crippen LogP contribution < -0.4 is 10.2 Å². The summed E-state index contributed by atoms with van der Waals surface area (Å²) in [5.74, 6) is 0.830. The lowest BCUT2D eigenvalue weighted by Crippen LogP contribution is -2.26. The SMILES string of the molecule is CNC(=O)CCc1cccc([C@@H]2CCCN2c2nc(C)cc(C)n2)n1. The highest BCUT2D eigenvalue weighted by Crippen LogP contribution is 2.33. The Kier molecular flexibility index (Phi) is 5.26. The molecule has 1 fully saturated rings. The zero-order chi connectivity index (χ0) is 17.8. The van der Waals surface area contributed by atoms with Crippen LogP contribution >= 0.6 is 0 Å². The van der Waals surface area contributed by atoms with Crippen molar-refractivity contribution in [2.24, 2.45) is 0 Å². The maximum Gasteiger partial charge on any atom is 0.226 e. The van der Waals surface area contributed by atoms with E-state index in [9.17, 15) is 4.79 Å². The fourth-order valence-electron chi connectivity index (χ4n) is 3.34. The summed E-state index contributed by atoms with van der Waals surface area (Å²) >= 11 is 0. The molecule has 0 aliphatic carbocycles. The van der Waals surface area contributed by atoms with Crippen molar-refractivity contribution in [2.45, 2.75) is 45.6 Å². The standard InChI is InChI=1S/C19H25N5O/c1-13-12-14(2)22-19(21-13)24-11-5-8-17(24)16-7-4-6-15(23-16)9-10-18(25)20-3/h4,6-7,12,17H,5,8-11H2,1-3H3,(H,20,25)/t17-/m0/s1. The molecule has 2 aromatic heterocycles. The van der Waals surface area contributed by atoms with Crippen molar-refractivity contribution in [3.63, 3.8) is 0 Å². The number of aryl methyl sites for hydroxylation is 3. The van der Waals surface area contributed by atoms with Crippen LogP contribution in [0.4, 0.5) is 5.95 Å². The van der Waals surface area contributed by atoms with Gasteiger partial charge in [0.25, 0.3) is 0 Å². The van der Waals surface area contributed by atoms with Crippen LogP contribution in [-0.4, -0.2) is 34.5 Å². The zero-order valence-electron chi connectivity index (χ0n) is 15.1. The summed E-state index contributed by atoms with van der Waals surface area (Å²) in [6.07, 6.45) is 3.26. The monoisotopic (exact) mass is 339 g/mol. The first-order valence-electron chi connectivity index (χ1n) is 8.82. The molecule has 0 radical (unpaired) electrons. The minimum atomic E-state index is 0.0401. The minimum absolute atomic E-state index is 0.0401. The second-order valence-corrected chi connectivity index (χ2v) is 6.53.